The molecule has 0 spiro atoms. The first-order chi connectivity index (χ1) is 10.2. The van der Waals surface area contributed by atoms with Crippen molar-refractivity contribution in [1.82, 2.24) is 9.88 Å². The Labute approximate surface area is 132 Å². The van der Waals surface area contributed by atoms with E-state index in [0.29, 0.717) is 22.4 Å². The van der Waals surface area contributed by atoms with Gasteiger partial charge in [0.25, 0.3) is 5.22 Å². The fourth-order valence-corrected chi connectivity index (χ4v) is 3.40. The summed E-state index contributed by atoms with van der Waals surface area (Å²) in [5, 5.41) is 1.24. The molecule has 0 aliphatic carbocycles. The van der Waals surface area contributed by atoms with E-state index in [9.17, 15) is 4.79 Å². The van der Waals surface area contributed by atoms with Gasteiger partial charge in [-0.25, -0.2) is 4.98 Å². The number of carbonyl (C=O) groups excluding carboxylic acids is 1. The third-order valence-corrected chi connectivity index (χ3v) is 4.65. The molecule has 6 heteroatoms. The number of nitrogens with zero attached hydrogens (tertiary/aromatic N) is 2. The largest absolute Gasteiger partial charge is 0.431 e. The van der Waals surface area contributed by atoms with Crippen LogP contribution in [-0.4, -0.2) is 34.6 Å². The van der Waals surface area contributed by atoms with Crippen LogP contribution in [0.15, 0.2) is 27.8 Å². The molecular formula is C15H17ClN2O2S. The summed E-state index contributed by atoms with van der Waals surface area (Å²) in [4.78, 5) is 18.4. The number of carbonyl (C=O) groups is 1. The van der Waals surface area contributed by atoms with Crippen LogP contribution in [0.4, 0.5) is 0 Å². The average Bonchev–Trinajstić information content (AvgIpc) is 2.89. The summed E-state index contributed by atoms with van der Waals surface area (Å²) in [6.07, 6.45) is 4.03. The third-order valence-electron chi connectivity index (χ3n) is 3.58. The predicted octanol–water partition coefficient (Wildman–Crippen LogP) is 3.98. The van der Waals surface area contributed by atoms with E-state index in [0.717, 1.165) is 37.0 Å². The maximum atomic E-state index is 12.0. The number of oxazole rings is 1. The van der Waals surface area contributed by atoms with Crippen molar-refractivity contribution in [2.24, 2.45) is 0 Å². The topological polar surface area (TPSA) is 46.3 Å². The molecule has 1 saturated heterocycles. The summed E-state index contributed by atoms with van der Waals surface area (Å²) < 4.78 is 5.62. The molecule has 1 aromatic carbocycles. The van der Waals surface area contributed by atoms with Crippen molar-refractivity contribution in [2.45, 2.75) is 30.9 Å². The predicted molar refractivity (Wildman–Crippen MR) is 84.8 cm³/mol. The summed E-state index contributed by atoms with van der Waals surface area (Å²) in [7, 11) is 0. The monoisotopic (exact) mass is 324 g/mol. The molecule has 21 heavy (non-hydrogen) atoms. The molecule has 1 aliphatic rings. The van der Waals surface area contributed by atoms with Gasteiger partial charge in [0.15, 0.2) is 5.58 Å². The zero-order valence-corrected chi connectivity index (χ0v) is 13.3. The molecule has 1 aromatic heterocycles. The van der Waals surface area contributed by atoms with E-state index < -0.39 is 0 Å². The van der Waals surface area contributed by atoms with Crippen molar-refractivity contribution in [3.8, 4) is 0 Å². The number of likely N-dealkylation sites (tertiary alicyclic amines) is 1. The van der Waals surface area contributed by atoms with Crippen LogP contribution in [-0.2, 0) is 4.79 Å². The summed E-state index contributed by atoms with van der Waals surface area (Å²) >= 11 is 7.40. The van der Waals surface area contributed by atoms with E-state index in [1.807, 2.05) is 11.0 Å². The molecule has 0 saturated carbocycles. The number of halogens is 1. The normalized spacial score (nSPS) is 15.6. The first-order valence-corrected chi connectivity index (χ1v) is 8.55. The second-order valence-electron chi connectivity index (χ2n) is 5.13. The van der Waals surface area contributed by atoms with Crippen LogP contribution in [0.25, 0.3) is 11.1 Å². The van der Waals surface area contributed by atoms with Gasteiger partial charge in [0.2, 0.25) is 5.91 Å². The van der Waals surface area contributed by atoms with Gasteiger partial charge in [-0.2, -0.15) is 0 Å². The molecule has 3 rings (SSSR count). The lowest BCUT2D eigenvalue weighted by Gasteiger charge is -2.26. The summed E-state index contributed by atoms with van der Waals surface area (Å²) in [6.45, 7) is 1.82. The Morgan fingerprint density at radius 2 is 2.14 bits per heavy atom. The number of aromatic nitrogens is 1. The van der Waals surface area contributed by atoms with Gasteiger partial charge in [-0.1, -0.05) is 23.4 Å². The lowest BCUT2D eigenvalue weighted by Crippen LogP contribution is -2.35. The second kappa shape index (κ2) is 6.71. The van der Waals surface area contributed by atoms with Gasteiger partial charge in [-0.05, 0) is 37.5 Å². The highest BCUT2D eigenvalue weighted by atomic mass is 35.5. The summed E-state index contributed by atoms with van der Waals surface area (Å²) in [6, 6.07) is 5.38. The Kier molecular flexibility index (Phi) is 4.70. The van der Waals surface area contributed by atoms with Crippen molar-refractivity contribution in [1.29, 1.82) is 0 Å². The highest BCUT2D eigenvalue weighted by molar-refractivity contribution is 7.99. The summed E-state index contributed by atoms with van der Waals surface area (Å²) in [5.41, 5.74) is 1.48. The highest BCUT2D eigenvalue weighted by Crippen LogP contribution is 2.26. The molecular weight excluding hydrogens is 308 g/mol. The van der Waals surface area contributed by atoms with Crippen LogP contribution >= 0.6 is 23.4 Å². The number of hydrogen-bond acceptors (Lipinski definition) is 4. The number of hydrogen-bond donors (Lipinski definition) is 0. The number of amides is 1. The molecule has 0 atom stereocenters. The molecule has 0 radical (unpaired) electrons. The minimum atomic E-state index is 0.237. The number of rotatable bonds is 4. The van der Waals surface area contributed by atoms with Gasteiger partial charge in [0.1, 0.15) is 5.52 Å². The van der Waals surface area contributed by atoms with Gasteiger partial charge in [0, 0.05) is 30.3 Å². The Hall–Kier alpha value is -1.20. The molecule has 0 bridgehead atoms. The molecule has 112 valence electrons. The van der Waals surface area contributed by atoms with E-state index in [1.165, 1.54) is 18.2 Å². The zero-order valence-electron chi connectivity index (χ0n) is 11.7. The molecule has 0 unspecified atom stereocenters. The quantitative estimate of drug-likeness (QED) is 0.798. The number of thioether (sulfide) groups is 1. The zero-order chi connectivity index (χ0) is 14.7. The van der Waals surface area contributed by atoms with Crippen LogP contribution in [0, 0.1) is 0 Å². The van der Waals surface area contributed by atoms with Crippen molar-refractivity contribution in [2.75, 3.05) is 18.8 Å². The molecule has 2 aromatic rings. The van der Waals surface area contributed by atoms with Gasteiger partial charge >= 0.3 is 0 Å². The van der Waals surface area contributed by atoms with Crippen molar-refractivity contribution >= 4 is 40.4 Å². The van der Waals surface area contributed by atoms with Crippen molar-refractivity contribution in [3.63, 3.8) is 0 Å². The van der Waals surface area contributed by atoms with E-state index in [1.54, 1.807) is 12.1 Å². The van der Waals surface area contributed by atoms with Crippen LogP contribution in [0.2, 0.25) is 5.02 Å². The van der Waals surface area contributed by atoms with Gasteiger partial charge in [-0.15, -0.1) is 0 Å². The Bertz CT molecular complexity index is 638. The van der Waals surface area contributed by atoms with Gasteiger partial charge in [0.05, 0.1) is 0 Å². The minimum absolute atomic E-state index is 0.237. The Morgan fingerprint density at radius 1 is 1.33 bits per heavy atom. The molecule has 1 fully saturated rings. The second-order valence-corrected chi connectivity index (χ2v) is 6.61. The van der Waals surface area contributed by atoms with Gasteiger partial charge in [-0.3, -0.25) is 4.79 Å². The lowest BCUT2D eigenvalue weighted by molar-refractivity contribution is -0.131. The number of fused-ring (bicyclic) bond motifs is 1. The molecule has 1 aliphatic heterocycles. The number of piperidine rings is 1. The fraction of sp³-hybridized carbons (Fsp3) is 0.467. The van der Waals surface area contributed by atoms with E-state index in [-0.39, 0.29) is 5.91 Å². The SMILES string of the molecule is O=C(CCSc1nc2cc(Cl)ccc2o1)N1CCCCC1. The van der Waals surface area contributed by atoms with E-state index >= 15 is 0 Å². The molecule has 1 amide bonds. The van der Waals surface area contributed by atoms with E-state index in [4.69, 9.17) is 16.0 Å². The van der Waals surface area contributed by atoms with Crippen molar-refractivity contribution < 1.29 is 9.21 Å². The fourth-order valence-electron chi connectivity index (χ4n) is 2.47. The van der Waals surface area contributed by atoms with Crippen LogP contribution < -0.4 is 0 Å². The maximum absolute atomic E-state index is 12.0. The third kappa shape index (κ3) is 3.71. The van der Waals surface area contributed by atoms with Gasteiger partial charge < -0.3 is 9.32 Å². The molecule has 4 nitrogen and oxygen atoms in total. The van der Waals surface area contributed by atoms with Crippen LogP contribution in [0.5, 0.6) is 0 Å². The Morgan fingerprint density at radius 3 is 2.95 bits per heavy atom. The first kappa shape index (κ1) is 14.7. The molecule has 0 N–H and O–H groups in total. The highest BCUT2D eigenvalue weighted by Gasteiger charge is 2.16. The average molecular weight is 325 g/mol. The van der Waals surface area contributed by atoms with Crippen LogP contribution in [0.1, 0.15) is 25.7 Å². The summed E-state index contributed by atoms with van der Waals surface area (Å²) in [5.74, 6) is 0.928. The standard InChI is InChI=1S/C15H17ClN2O2S/c16-11-4-5-13-12(10-11)17-15(20-13)21-9-6-14(19)18-7-2-1-3-8-18/h4-5,10H,1-3,6-9H2. The Balaban J connectivity index is 1.53. The maximum Gasteiger partial charge on any atom is 0.256 e. The van der Waals surface area contributed by atoms with Crippen molar-refractivity contribution in [3.05, 3.63) is 23.2 Å². The molecule has 2 heterocycles. The smallest absolute Gasteiger partial charge is 0.256 e. The van der Waals surface area contributed by atoms with E-state index in [2.05, 4.69) is 4.98 Å². The van der Waals surface area contributed by atoms with Crippen LogP contribution in [0.3, 0.4) is 0 Å². The lowest BCUT2D eigenvalue weighted by atomic mass is 10.1. The number of benzene rings is 1. The minimum Gasteiger partial charge on any atom is -0.431 e. The first-order valence-electron chi connectivity index (χ1n) is 7.19.